The van der Waals surface area contributed by atoms with E-state index < -0.39 is 0 Å². The van der Waals surface area contributed by atoms with E-state index in [-0.39, 0.29) is 16.2 Å². The number of hydrogen-bond donors (Lipinski definition) is 0. The Morgan fingerprint density at radius 3 is 0.635 bits per heavy atom. The van der Waals surface area contributed by atoms with Crippen LogP contribution in [0.1, 0.15) is 108 Å². The van der Waals surface area contributed by atoms with Crippen molar-refractivity contribution in [2.45, 2.75) is 99.3 Å². The minimum Gasteiger partial charge on any atom is -0.309 e. The highest BCUT2D eigenvalue weighted by atomic mass is 15.2. The van der Waals surface area contributed by atoms with Gasteiger partial charge in [-0.1, -0.05) is 130 Å². The van der Waals surface area contributed by atoms with Gasteiger partial charge in [-0.05, 0) is 145 Å². The minimum absolute atomic E-state index is 0.228. The summed E-state index contributed by atoms with van der Waals surface area (Å²) in [6.07, 6.45) is 0. The topological polar surface area (TPSA) is 3.24 Å². The van der Waals surface area contributed by atoms with Gasteiger partial charge >= 0.3 is 0 Å². The zero-order valence-electron chi connectivity index (χ0n) is 33.1. The van der Waals surface area contributed by atoms with E-state index in [4.69, 9.17) is 0 Å². The van der Waals surface area contributed by atoms with Crippen LogP contribution >= 0.6 is 0 Å². The molecule has 0 aliphatic carbocycles. The van der Waals surface area contributed by atoms with E-state index in [1.807, 2.05) is 0 Å². The van der Waals surface area contributed by atoms with Crippen molar-refractivity contribution in [2.24, 2.45) is 0 Å². The molecule has 0 amide bonds. The van der Waals surface area contributed by atoms with Crippen molar-refractivity contribution in [3.8, 4) is 33.4 Å². The fraction of sp³-hybridized carbons (Fsp3) is 0.294. The summed E-state index contributed by atoms with van der Waals surface area (Å²) in [6.45, 7) is 28.2. The van der Waals surface area contributed by atoms with Crippen LogP contribution in [-0.2, 0) is 16.2 Å². The van der Waals surface area contributed by atoms with Crippen molar-refractivity contribution in [3.05, 3.63) is 158 Å². The number of aryl methyl sites for hydroxylation is 6. The third kappa shape index (κ3) is 4.54. The van der Waals surface area contributed by atoms with Gasteiger partial charge in [-0.3, -0.25) is 0 Å². The van der Waals surface area contributed by atoms with Crippen molar-refractivity contribution in [1.29, 1.82) is 0 Å². The number of benzene rings is 6. The molecule has 0 saturated heterocycles. The van der Waals surface area contributed by atoms with Crippen LogP contribution < -0.4 is 4.90 Å². The average molecular weight is 678 g/mol. The fourth-order valence-electron chi connectivity index (χ4n) is 10.2. The zero-order valence-corrected chi connectivity index (χ0v) is 33.1. The first-order valence-electron chi connectivity index (χ1n) is 19.1. The second-order valence-electron chi connectivity index (χ2n) is 18.1. The van der Waals surface area contributed by atoms with Crippen molar-refractivity contribution < 1.29 is 0 Å². The summed E-state index contributed by atoms with van der Waals surface area (Å²) in [7, 11) is 0. The van der Waals surface area contributed by atoms with Crippen LogP contribution in [0.2, 0.25) is 0 Å². The van der Waals surface area contributed by atoms with Gasteiger partial charge in [0.25, 0.3) is 0 Å². The summed E-state index contributed by atoms with van der Waals surface area (Å²) < 4.78 is 0. The van der Waals surface area contributed by atoms with Gasteiger partial charge in [0.2, 0.25) is 0 Å². The quantitative estimate of drug-likeness (QED) is 0.180. The molecule has 6 aromatic rings. The maximum absolute atomic E-state index is 2.71. The summed E-state index contributed by atoms with van der Waals surface area (Å²) in [4.78, 5) is 2.71. The molecular weight excluding hydrogens is 627 g/mol. The molecule has 1 nitrogen and oxygen atoms in total. The molecule has 0 spiro atoms. The van der Waals surface area contributed by atoms with Crippen molar-refractivity contribution in [3.63, 3.8) is 0 Å². The average Bonchev–Trinajstić information content (AvgIpc) is 3.05. The SMILES string of the molecule is Cc1cc(C)cc(-c2cc3c4c(c2)C(C)(C)c2cc(-c5cc(C)cc(C)c5)cc5c2N4c2c(cc(-c4cc(C)cc(C)c4)cc2C5(C)C)C3(C)C)c1. The molecule has 0 atom stereocenters. The molecule has 0 aromatic heterocycles. The molecule has 3 heterocycles. The number of rotatable bonds is 3. The molecule has 0 fully saturated rings. The Bertz CT molecular complexity index is 2130. The largest absolute Gasteiger partial charge is 0.309 e. The van der Waals surface area contributed by atoms with Crippen LogP contribution in [0.4, 0.5) is 17.1 Å². The Morgan fingerprint density at radius 2 is 0.442 bits per heavy atom. The van der Waals surface area contributed by atoms with E-state index in [0.717, 1.165) is 0 Å². The second-order valence-corrected chi connectivity index (χ2v) is 18.1. The van der Waals surface area contributed by atoms with Gasteiger partial charge in [0.1, 0.15) is 0 Å². The van der Waals surface area contributed by atoms with Gasteiger partial charge in [-0.2, -0.15) is 0 Å². The van der Waals surface area contributed by atoms with Crippen LogP contribution in [0.25, 0.3) is 33.4 Å². The van der Waals surface area contributed by atoms with E-state index in [0.29, 0.717) is 0 Å². The smallest absolute Gasteiger partial charge is 0.0544 e. The number of nitrogens with zero attached hydrogens (tertiary/aromatic N) is 1. The van der Waals surface area contributed by atoms with Crippen LogP contribution in [0.15, 0.2) is 91.0 Å². The number of anilines is 3. The third-order valence-electron chi connectivity index (χ3n) is 12.7. The molecular formula is C51H51N. The maximum atomic E-state index is 2.71. The Kier molecular flexibility index (Phi) is 6.72. The first kappa shape index (κ1) is 33.0. The lowest BCUT2D eigenvalue weighted by Gasteiger charge is -2.55. The van der Waals surface area contributed by atoms with E-state index in [9.17, 15) is 0 Å². The van der Waals surface area contributed by atoms with Crippen LogP contribution in [0, 0.1) is 41.5 Å². The molecule has 0 N–H and O–H groups in total. The molecule has 0 unspecified atom stereocenters. The normalized spacial score (nSPS) is 16.5. The first-order chi connectivity index (χ1) is 24.4. The summed E-state index contributed by atoms with van der Waals surface area (Å²) in [5.41, 5.74) is 27.6. The lowest BCUT2D eigenvalue weighted by Crippen LogP contribution is -2.43. The standard InChI is InChI=1S/C51H51N/c1-28-13-29(2)17-34(16-28)37-22-40-46-41(23-37)50(9,10)43-25-39(36-20-32(5)15-33(6)21-36)27-45-48(43)52(46)47-42(49(40,7)8)24-38(26-44(47)51(45,11)12)35-18-30(3)14-31(4)19-35/h13-27H,1-12H3. The van der Waals surface area contributed by atoms with Crippen molar-refractivity contribution in [2.75, 3.05) is 4.90 Å². The molecule has 3 aliphatic rings. The molecule has 260 valence electrons. The van der Waals surface area contributed by atoms with E-state index in [1.165, 1.54) is 117 Å². The maximum Gasteiger partial charge on any atom is 0.0544 e. The van der Waals surface area contributed by atoms with Crippen LogP contribution in [0.3, 0.4) is 0 Å². The summed E-state index contributed by atoms with van der Waals surface area (Å²) in [5.74, 6) is 0. The lowest BCUT2D eigenvalue weighted by molar-refractivity contribution is 0.567. The molecule has 9 rings (SSSR count). The minimum atomic E-state index is -0.228. The summed E-state index contributed by atoms with van der Waals surface area (Å²) in [6, 6.07) is 36.2. The van der Waals surface area contributed by atoms with E-state index >= 15 is 0 Å². The molecule has 0 saturated carbocycles. The highest BCUT2D eigenvalue weighted by Gasteiger charge is 2.52. The third-order valence-corrected chi connectivity index (χ3v) is 12.7. The predicted molar refractivity (Wildman–Crippen MR) is 222 cm³/mol. The molecule has 1 heteroatoms. The number of hydrogen-bond acceptors (Lipinski definition) is 1. The second kappa shape index (κ2) is 10.6. The Hall–Kier alpha value is -4.88. The molecule has 3 aliphatic heterocycles. The first-order valence-corrected chi connectivity index (χ1v) is 19.1. The molecule has 0 bridgehead atoms. The molecule has 52 heavy (non-hydrogen) atoms. The van der Waals surface area contributed by atoms with Gasteiger partial charge < -0.3 is 4.90 Å². The van der Waals surface area contributed by atoms with E-state index in [1.54, 1.807) is 0 Å². The monoisotopic (exact) mass is 677 g/mol. The highest BCUT2D eigenvalue weighted by molar-refractivity contribution is 6.01. The predicted octanol–water partition coefficient (Wildman–Crippen LogP) is 13.9. The fourth-order valence-corrected chi connectivity index (χ4v) is 10.2. The Balaban J connectivity index is 1.44. The Labute approximate surface area is 311 Å². The van der Waals surface area contributed by atoms with Gasteiger partial charge in [0.05, 0.1) is 17.1 Å². The lowest BCUT2D eigenvalue weighted by atomic mass is 9.59. The van der Waals surface area contributed by atoms with Gasteiger partial charge in [0.15, 0.2) is 0 Å². The van der Waals surface area contributed by atoms with Gasteiger partial charge in [-0.25, -0.2) is 0 Å². The van der Waals surface area contributed by atoms with E-state index in [2.05, 4.69) is 179 Å². The van der Waals surface area contributed by atoms with Crippen LogP contribution in [-0.4, -0.2) is 0 Å². The van der Waals surface area contributed by atoms with Gasteiger partial charge in [-0.15, -0.1) is 0 Å². The molecule has 6 aromatic carbocycles. The molecule has 0 radical (unpaired) electrons. The zero-order chi connectivity index (χ0) is 36.8. The van der Waals surface area contributed by atoms with Crippen LogP contribution in [0.5, 0.6) is 0 Å². The van der Waals surface area contributed by atoms with Gasteiger partial charge in [0, 0.05) is 16.2 Å². The van der Waals surface area contributed by atoms with Crippen molar-refractivity contribution in [1.82, 2.24) is 0 Å². The highest BCUT2D eigenvalue weighted by Crippen LogP contribution is 2.67. The summed E-state index contributed by atoms with van der Waals surface area (Å²) in [5, 5.41) is 0. The van der Waals surface area contributed by atoms with Crippen molar-refractivity contribution >= 4 is 17.1 Å². The Morgan fingerprint density at radius 1 is 0.269 bits per heavy atom. The summed E-state index contributed by atoms with van der Waals surface area (Å²) >= 11 is 0.